The largest absolute Gasteiger partial charge is 0.444 e. The summed E-state index contributed by atoms with van der Waals surface area (Å²) >= 11 is 3.12. The summed E-state index contributed by atoms with van der Waals surface area (Å²) in [6.45, 7) is 0.199. The van der Waals surface area contributed by atoms with Crippen LogP contribution in [0.15, 0.2) is 50.4 Å². The van der Waals surface area contributed by atoms with Gasteiger partial charge in [0, 0.05) is 6.54 Å². The predicted octanol–water partition coefficient (Wildman–Crippen LogP) is 1.88. The lowest BCUT2D eigenvalue weighted by Crippen LogP contribution is -2.23. The Morgan fingerprint density at radius 1 is 1.29 bits per heavy atom. The third-order valence-corrected chi connectivity index (χ3v) is 4.57. The maximum atomic E-state index is 11.8. The highest BCUT2D eigenvalue weighted by molar-refractivity contribution is 9.10. The molecule has 1 heterocycles. The standard InChI is InChI=1S/C13H13BrN2O4S/c1-15-21(18,19)10-4-2-3-9(7-10)8-16-13(17)11-5-6-12(14)20-11/h2-7,15H,8H2,1H3,(H,16,17). The average molecular weight is 373 g/mol. The number of hydrogen-bond acceptors (Lipinski definition) is 4. The Labute approximate surface area is 130 Å². The molecule has 0 fully saturated rings. The number of carbonyl (C=O) groups excluding carboxylic acids is 1. The van der Waals surface area contributed by atoms with Crippen LogP contribution in [0.4, 0.5) is 0 Å². The van der Waals surface area contributed by atoms with Gasteiger partial charge in [-0.2, -0.15) is 0 Å². The number of carbonyl (C=O) groups is 1. The Balaban J connectivity index is 2.07. The van der Waals surface area contributed by atoms with Crippen LogP contribution in [0.3, 0.4) is 0 Å². The SMILES string of the molecule is CNS(=O)(=O)c1cccc(CNC(=O)c2ccc(Br)o2)c1. The molecule has 2 N–H and O–H groups in total. The van der Waals surface area contributed by atoms with E-state index in [2.05, 4.69) is 26.0 Å². The van der Waals surface area contributed by atoms with Crippen molar-refractivity contribution in [2.75, 3.05) is 7.05 Å². The Bertz CT molecular complexity index is 755. The summed E-state index contributed by atoms with van der Waals surface area (Å²) < 4.78 is 31.2. The third-order valence-electron chi connectivity index (χ3n) is 2.73. The molecular formula is C13H13BrN2O4S. The van der Waals surface area contributed by atoms with Crippen LogP contribution >= 0.6 is 15.9 Å². The first-order chi connectivity index (χ1) is 9.92. The van der Waals surface area contributed by atoms with Crippen LogP contribution in [0.25, 0.3) is 0 Å². The van der Waals surface area contributed by atoms with Gasteiger partial charge < -0.3 is 9.73 Å². The van der Waals surface area contributed by atoms with E-state index >= 15 is 0 Å². The zero-order valence-corrected chi connectivity index (χ0v) is 13.5. The number of sulfonamides is 1. The first-order valence-corrected chi connectivity index (χ1v) is 8.26. The summed E-state index contributed by atoms with van der Waals surface area (Å²) in [5.74, 6) is -0.191. The van der Waals surface area contributed by atoms with Crippen LogP contribution < -0.4 is 10.0 Å². The zero-order valence-electron chi connectivity index (χ0n) is 11.1. The van der Waals surface area contributed by atoms with Gasteiger partial charge in [-0.3, -0.25) is 4.79 Å². The highest BCUT2D eigenvalue weighted by Crippen LogP contribution is 2.14. The lowest BCUT2D eigenvalue weighted by molar-refractivity contribution is 0.0922. The molecule has 0 spiro atoms. The van der Waals surface area contributed by atoms with Crippen LogP contribution in [-0.2, 0) is 16.6 Å². The van der Waals surface area contributed by atoms with Gasteiger partial charge in [0.05, 0.1) is 4.90 Å². The second-order valence-electron chi connectivity index (χ2n) is 4.14. The summed E-state index contributed by atoms with van der Waals surface area (Å²) in [6, 6.07) is 9.50. The molecule has 0 saturated heterocycles. The van der Waals surface area contributed by atoms with Gasteiger partial charge in [0.15, 0.2) is 10.4 Å². The van der Waals surface area contributed by atoms with E-state index in [0.717, 1.165) is 0 Å². The molecule has 1 aromatic carbocycles. The fourth-order valence-electron chi connectivity index (χ4n) is 1.65. The normalized spacial score (nSPS) is 11.3. The summed E-state index contributed by atoms with van der Waals surface area (Å²) in [5, 5.41) is 2.66. The highest BCUT2D eigenvalue weighted by atomic mass is 79.9. The van der Waals surface area contributed by atoms with E-state index < -0.39 is 10.0 Å². The molecule has 0 saturated carbocycles. The maximum absolute atomic E-state index is 11.8. The predicted molar refractivity (Wildman–Crippen MR) is 80.3 cm³/mol. The molecule has 6 nitrogen and oxygen atoms in total. The minimum absolute atomic E-state index is 0.150. The second kappa shape index (κ2) is 6.42. The van der Waals surface area contributed by atoms with Crippen molar-refractivity contribution < 1.29 is 17.6 Å². The van der Waals surface area contributed by atoms with Crippen molar-refractivity contribution in [2.45, 2.75) is 11.4 Å². The van der Waals surface area contributed by atoms with Gasteiger partial charge in [-0.15, -0.1) is 0 Å². The van der Waals surface area contributed by atoms with Crippen LogP contribution in [-0.4, -0.2) is 21.4 Å². The van der Waals surface area contributed by atoms with E-state index in [-0.39, 0.29) is 23.1 Å². The van der Waals surface area contributed by atoms with Crippen molar-refractivity contribution in [3.63, 3.8) is 0 Å². The zero-order chi connectivity index (χ0) is 15.5. The molecule has 0 bridgehead atoms. The van der Waals surface area contributed by atoms with Crippen molar-refractivity contribution in [1.82, 2.24) is 10.0 Å². The average Bonchev–Trinajstić information content (AvgIpc) is 2.92. The molecule has 0 aliphatic rings. The van der Waals surface area contributed by atoms with Gasteiger partial charge in [0.25, 0.3) is 5.91 Å². The number of halogens is 1. The number of furan rings is 1. The van der Waals surface area contributed by atoms with E-state index in [9.17, 15) is 13.2 Å². The molecule has 0 atom stereocenters. The van der Waals surface area contributed by atoms with Crippen molar-refractivity contribution in [3.8, 4) is 0 Å². The van der Waals surface area contributed by atoms with E-state index in [1.54, 1.807) is 24.3 Å². The van der Waals surface area contributed by atoms with Crippen LogP contribution in [0.5, 0.6) is 0 Å². The Kier molecular flexibility index (Phi) is 4.81. The van der Waals surface area contributed by atoms with Crippen LogP contribution in [0.1, 0.15) is 16.1 Å². The van der Waals surface area contributed by atoms with Gasteiger partial charge in [0.2, 0.25) is 10.0 Å². The molecule has 8 heteroatoms. The van der Waals surface area contributed by atoms with E-state index in [1.807, 2.05) is 0 Å². The topological polar surface area (TPSA) is 88.4 Å². The maximum Gasteiger partial charge on any atom is 0.287 e. The molecule has 0 aliphatic carbocycles. The quantitative estimate of drug-likeness (QED) is 0.838. The molecule has 21 heavy (non-hydrogen) atoms. The molecule has 0 aliphatic heterocycles. The van der Waals surface area contributed by atoms with Crippen molar-refractivity contribution >= 4 is 31.9 Å². The van der Waals surface area contributed by atoms with Crippen molar-refractivity contribution in [2.24, 2.45) is 0 Å². The molecule has 1 amide bonds. The fraction of sp³-hybridized carbons (Fsp3) is 0.154. The van der Waals surface area contributed by atoms with Crippen LogP contribution in [0, 0.1) is 0 Å². The van der Waals surface area contributed by atoms with Gasteiger partial charge in [-0.05, 0) is 52.8 Å². The van der Waals surface area contributed by atoms with Gasteiger partial charge in [0.1, 0.15) is 0 Å². The molecule has 112 valence electrons. The van der Waals surface area contributed by atoms with E-state index in [4.69, 9.17) is 4.42 Å². The molecule has 2 aromatic rings. The molecule has 0 unspecified atom stereocenters. The Morgan fingerprint density at radius 2 is 2.05 bits per heavy atom. The number of rotatable bonds is 5. The lowest BCUT2D eigenvalue weighted by atomic mass is 10.2. The first kappa shape index (κ1) is 15.7. The summed E-state index contributed by atoms with van der Waals surface area (Å²) in [7, 11) is -2.15. The van der Waals surface area contributed by atoms with Crippen LogP contribution in [0.2, 0.25) is 0 Å². The highest BCUT2D eigenvalue weighted by Gasteiger charge is 2.13. The molecule has 0 radical (unpaired) electrons. The Morgan fingerprint density at radius 3 is 2.67 bits per heavy atom. The molecule has 2 rings (SSSR count). The van der Waals surface area contributed by atoms with Gasteiger partial charge >= 0.3 is 0 Å². The summed E-state index contributed by atoms with van der Waals surface area (Å²) in [5.41, 5.74) is 0.672. The molecular weight excluding hydrogens is 360 g/mol. The molecule has 1 aromatic heterocycles. The Hall–Kier alpha value is -1.64. The number of amides is 1. The lowest BCUT2D eigenvalue weighted by Gasteiger charge is -2.06. The second-order valence-corrected chi connectivity index (χ2v) is 6.81. The first-order valence-electron chi connectivity index (χ1n) is 5.98. The fourth-order valence-corrected chi connectivity index (χ4v) is 2.75. The number of nitrogens with one attached hydrogen (secondary N) is 2. The van der Waals surface area contributed by atoms with E-state index in [1.165, 1.54) is 19.2 Å². The number of hydrogen-bond donors (Lipinski definition) is 2. The minimum atomic E-state index is -3.50. The summed E-state index contributed by atoms with van der Waals surface area (Å²) in [4.78, 5) is 12.0. The summed E-state index contributed by atoms with van der Waals surface area (Å²) in [6.07, 6.45) is 0. The van der Waals surface area contributed by atoms with E-state index in [0.29, 0.717) is 10.2 Å². The minimum Gasteiger partial charge on any atom is -0.444 e. The third kappa shape index (κ3) is 3.93. The van der Waals surface area contributed by atoms with Gasteiger partial charge in [-0.25, -0.2) is 13.1 Å². The van der Waals surface area contributed by atoms with Gasteiger partial charge in [-0.1, -0.05) is 12.1 Å². The number of benzene rings is 1. The van der Waals surface area contributed by atoms with Crippen molar-refractivity contribution in [3.05, 3.63) is 52.4 Å². The van der Waals surface area contributed by atoms with Crippen molar-refractivity contribution in [1.29, 1.82) is 0 Å². The smallest absolute Gasteiger partial charge is 0.287 e. The monoisotopic (exact) mass is 372 g/mol.